The van der Waals surface area contributed by atoms with E-state index in [9.17, 15) is 4.79 Å². The molecule has 0 atom stereocenters. The van der Waals surface area contributed by atoms with Gasteiger partial charge in [0.15, 0.2) is 5.76 Å². The molecule has 3 aromatic carbocycles. The number of hydrogen-bond acceptors (Lipinski definition) is 5. The number of amides is 1. The third-order valence-corrected chi connectivity index (χ3v) is 6.83. The van der Waals surface area contributed by atoms with E-state index in [1.165, 1.54) is 11.1 Å². The third kappa shape index (κ3) is 5.50. The Balaban J connectivity index is 1.19. The van der Waals surface area contributed by atoms with Gasteiger partial charge in [0.1, 0.15) is 11.4 Å². The zero-order valence-electron chi connectivity index (χ0n) is 20.5. The van der Waals surface area contributed by atoms with Crippen LogP contribution in [0.15, 0.2) is 95.5 Å². The molecule has 5 rings (SSSR count). The van der Waals surface area contributed by atoms with E-state index in [4.69, 9.17) is 9.26 Å². The Kier molecular flexibility index (Phi) is 7.43. The van der Waals surface area contributed by atoms with E-state index in [1.807, 2.05) is 71.6 Å². The van der Waals surface area contributed by atoms with Crippen molar-refractivity contribution < 1.29 is 14.1 Å². The van der Waals surface area contributed by atoms with Crippen molar-refractivity contribution in [2.45, 2.75) is 18.9 Å². The zero-order valence-corrected chi connectivity index (χ0v) is 20.5. The summed E-state index contributed by atoms with van der Waals surface area (Å²) in [7, 11) is 1.66. The third-order valence-electron chi connectivity index (χ3n) is 6.83. The van der Waals surface area contributed by atoms with Gasteiger partial charge in [0.25, 0.3) is 0 Å². The molecule has 0 aliphatic carbocycles. The molecule has 1 saturated heterocycles. The van der Waals surface area contributed by atoms with Gasteiger partial charge in [0, 0.05) is 50.1 Å². The molecule has 6 nitrogen and oxygen atoms in total. The van der Waals surface area contributed by atoms with Gasteiger partial charge in [0.2, 0.25) is 5.91 Å². The molecule has 0 spiro atoms. The highest BCUT2D eigenvalue weighted by Gasteiger charge is 2.26. The average molecular weight is 482 g/mol. The molecule has 0 N–H and O–H groups in total. The van der Waals surface area contributed by atoms with Gasteiger partial charge < -0.3 is 14.2 Å². The van der Waals surface area contributed by atoms with Crippen LogP contribution in [0.5, 0.6) is 5.75 Å². The molecule has 36 heavy (non-hydrogen) atoms. The van der Waals surface area contributed by atoms with Crippen molar-refractivity contribution in [1.29, 1.82) is 0 Å². The van der Waals surface area contributed by atoms with Crippen molar-refractivity contribution in [1.82, 2.24) is 15.0 Å². The van der Waals surface area contributed by atoms with E-state index in [-0.39, 0.29) is 11.8 Å². The molecular formula is C30H31N3O3. The smallest absolute Gasteiger partial charge is 0.223 e. The number of methoxy groups -OCH3 is 1. The number of piperazine rings is 1. The van der Waals surface area contributed by atoms with Gasteiger partial charge >= 0.3 is 0 Å². The number of nitrogens with zero attached hydrogens (tertiary/aromatic N) is 3. The SMILES string of the molecule is COc1ccccc1-c1cc(CN2CCN(C(=O)CC(c3ccccc3)c3ccccc3)CC2)on1. The molecule has 1 aromatic heterocycles. The lowest BCUT2D eigenvalue weighted by Gasteiger charge is -2.35. The quantitative estimate of drug-likeness (QED) is 0.346. The Hall–Kier alpha value is -3.90. The summed E-state index contributed by atoms with van der Waals surface area (Å²) in [6.07, 6.45) is 0.471. The summed E-state index contributed by atoms with van der Waals surface area (Å²) < 4.78 is 11.1. The first-order valence-corrected chi connectivity index (χ1v) is 12.4. The molecule has 1 fully saturated rings. The van der Waals surface area contributed by atoms with Gasteiger partial charge in [-0.3, -0.25) is 9.69 Å². The fraction of sp³-hybridized carbons (Fsp3) is 0.267. The molecule has 184 valence electrons. The van der Waals surface area contributed by atoms with E-state index in [1.54, 1.807) is 7.11 Å². The van der Waals surface area contributed by atoms with Crippen LogP contribution in [0.3, 0.4) is 0 Å². The lowest BCUT2D eigenvalue weighted by Crippen LogP contribution is -2.48. The Morgan fingerprint density at radius 1 is 0.889 bits per heavy atom. The summed E-state index contributed by atoms with van der Waals surface area (Å²) in [5.41, 5.74) is 4.03. The zero-order chi connectivity index (χ0) is 24.7. The first-order valence-electron chi connectivity index (χ1n) is 12.4. The molecule has 6 heteroatoms. The number of rotatable bonds is 8. The number of ether oxygens (including phenoxy) is 1. The maximum atomic E-state index is 13.3. The number of para-hydroxylation sites is 1. The van der Waals surface area contributed by atoms with Crippen LogP contribution in [0.25, 0.3) is 11.3 Å². The van der Waals surface area contributed by atoms with E-state index in [2.05, 4.69) is 34.3 Å². The van der Waals surface area contributed by atoms with Crippen LogP contribution in [0.2, 0.25) is 0 Å². The first kappa shape index (κ1) is 23.8. The van der Waals surface area contributed by atoms with Crippen molar-refractivity contribution in [2.24, 2.45) is 0 Å². The molecule has 1 aliphatic rings. The lowest BCUT2D eigenvalue weighted by molar-refractivity contribution is -0.133. The number of carbonyl (C=O) groups is 1. The molecule has 0 radical (unpaired) electrons. The molecular weight excluding hydrogens is 450 g/mol. The minimum atomic E-state index is 0.0560. The van der Waals surface area contributed by atoms with E-state index < -0.39 is 0 Å². The average Bonchev–Trinajstić information content (AvgIpc) is 3.41. The predicted molar refractivity (Wildman–Crippen MR) is 140 cm³/mol. The van der Waals surface area contributed by atoms with E-state index >= 15 is 0 Å². The van der Waals surface area contributed by atoms with Gasteiger partial charge in [-0.1, -0.05) is 78.0 Å². The summed E-state index contributed by atoms with van der Waals surface area (Å²) in [5, 5.41) is 4.25. The molecule has 1 aliphatic heterocycles. The second-order valence-electron chi connectivity index (χ2n) is 9.11. The summed E-state index contributed by atoms with van der Waals surface area (Å²) in [5.74, 6) is 1.84. The second-order valence-corrected chi connectivity index (χ2v) is 9.11. The van der Waals surface area contributed by atoms with Gasteiger partial charge in [-0.15, -0.1) is 0 Å². The standard InChI is InChI=1S/C30H31N3O3/c1-35-29-15-9-8-14-26(29)28-20-25(36-31-28)22-32-16-18-33(19-17-32)30(34)21-27(23-10-4-2-5-11-23)24-12-6-3-7-13-24/h2-15,20,27H,16-19,21-22H2,1H3. The van der Waals surface area contributed by atoms with Gasteiger partial charge in [-0.25, -0.2) is 0 Å². The van der Waals surface area contributed by atoms with Crippen molar-refractivity contribution in [2.75, 3.05) is 33.3 Å². The largest absolute Gasteiger partial charge is 0.496 e. The summed E-state index contributed by atoms with van der Waals surface area (Å²) in [6.45, 7) is 3.70. The molecule has 1 amide bonds. The van der Waals surface area contributed by atoms with E-state index in [0.29, 0.717) is 26.1 Å². The Morgan fingerprint density at radius 2 is 1.50 bits per heavy atom. The topological polar surface area (TPSA) is 58.8 Å². The monoisotopic (exact) mass is 481 g/mol. The van der Waals surface area contributed by atoms with Crippen LogP contribution in [0.4, 0.5) is 0 Å². The van der Waals surface area contributed by atoms with Crippen molar-refractivity contribution >= 4 is 5.91 Å². The maximum absolute atomic E-state index is 13.3. The molecule has 4 aromatic rings. The summed E-state index contributed by atoms with van der Waals surface area (Å²) in [6, 6.07) is 30.4. The Labute approximate surface area is 212 Å². The predicted octanol–water partition coefficient (Wildman–Crippen LogP) is 5.22. The van der Waals surface area contributed by atoms with Crippen LogP contribution in [0.1, 0.15) is 29.2 Å². The molecule has 0 bridgehead atoms. The van der Waals surface area contributed by atoms with Crippen LogP contribution in [0, 0.1) is 0 Å². The fourth-order valence-corrected chi connectivity index (χ4v) is 4.85. The number of hydrogen-bond donors (Lipinski definition) is 0. The fourth-order valence-electron chi connectivity index (χ4n) is 4.85. The highest BCUT2D eigenvalue weighted by molar-refractivity contribution is 5.78. The first-order chi connectivity index (χ1) is 17.7. The highest BCUT2D eigenvalue weighted by atomic mass is 16.5. The summed E-state index contributed by atoms with van der Waals surface area (Å²) in [4.78, 5) is 17.6. The maximum Gasteiger partial charge on any atom is 0.223 e. The second kappa shape index (κ2) is 11.2. The van der Waals surface area contributed by atoms with Crippen LogP contribution < -0.4 is 4.74 Å². The van der Waals surface area contributed by atoms with Gasteiger partial charge in [0.05, 0.1) is 13.7 Å². The van der Waals surface area contributed by atoms with Gasteiger partial charge in [-0.2, -0.15) is 0 Å². The van der Waals surface area contributed by atoms with Gasteiger partial charge in [-0.05, 0) is 23.3 Å². The van der Waals surface area contributed by atoms with Crippen molar-refractivity contribution in [3.63, 3.8) is 0 Å². The lowest BCUT2D eigenvalue weighted by atomic mass is 9.88. The number of carbonyl (C=O) groups excluding carboxylic acids is 1. The molecule has 2 heterocycles. The van der Waals surface area contributed by atoms with Crippen LogP contribution >= 0.6 is 0 Å². The highest BCUT2D eigenvalue weighted by Crippen LogP contribution is 2.30. The minimum Gasteiger partial charge on any atom is -0.496 e. The van der Waals surface area contributed by atoms with Crippen molar-refractivity contribution in [3.05, 3.63) is 108 Å². The summed E-state index contributed by atoms with van der Waals surface area (Å²) >= 11 is 0. The van der Waals surface area contributed by atoms with Crippen molar-refractivity contribution in [3.8, 4) is 17.0 Å². The Bertz CT molecular complexity index is 1230. The number of benzene rings is 3. The van der Waals surface area contributed by atoms with Crippen LogP contribution in [-0.2, 0) is 11.3 Å². The van der Waals surface area contributed by atoms with E-state index in [0.717, 1.165) is 35.9 Å². The molecule has 0 saturated carbocycles. The Morgan fingerprint density at radius 3 is 2.14 bits per heavy atom. The number of aromatic nitrogens is 1. The van der Waals surface area contributed by atoms with Crippen LogP contribution in [-0.4, -0.2) is 54.2 Å². The molecule has 0 unspecified atom stereocenters. The minimum absolute atomic E-state index is 0.0560. The normalized spacial score (nSPS) is 14.2.